The van der Waals surface area contributed by atoms with Crippen molar-refractivity contribution in [3.63, 3.8) is 0 Å². The maximum Gasteiger partial charge on any atom is 0.243 e. The molecule has 0 spiro atoms. The van der Waals surface area contributed by atoms with Crippen LogP contribution < -0.4 is 0 Å². The van der Waals surface area contributed by atoms with Crippen molar-refractivity contribution < 1.29 is 17.9 Å². The molecule has 0 aliphatic carbocycles. The minimum atomic E-state index is -3.75. The molecule has 1 aromatic rings. The van der Waals surface area contributed by atoms with Crippen LogP contribution in [0.5, 0.6) is 0 Å². The molecule has 0 saturated carbocycles. The summed E-state index contributed by atoms with van der Waals surface area (Å²) in [5, 5.41) is 9.77. The molecule has 0 aromatic heterocycles. The molecule has 1 aromatic carbocycles. The number of rotatable bonds is 2. The van der Waals surface area contributed by atoms with Crippen LogP contribution in [0.3, 0.4) is 0 Å². The molecule has 0 radical (unpaired) electrons. The average Bonchev–Trinajstić information content (AvgIpc) is 2.35. The summed E-state index contributed by atoms with van der Waals surface area (Å²) in [5.74, 6) is -0.542. The van der Waals surface area contributed by atoms with Gasteiger partial charge in [0.25, 0.3) is 0 Å². The number of piperidine rings is 1. The molecular formula is C12H15BrFNO3S. The summed E-state index contributed by atoms with van der Waals surface area (Å²) < 4.78 is 39.5. The molecule has 1 saturated heterocycles. The molecule has 106 valence electrons. The molecule has 7 heteroatoms. The van der Waals surface area contributed by atoms with E-state index in [1.807, 2.05) is 6.92 Å². The minimum absolute atomic E-state index is 0.0567. The number of hydrogen-bond donors (Lipinski definition) is 1. The van der Waals surface area contributed by atoms with Crippen LogP contribution in [0.4, 0.5) is 4.39 Å². The van der Waals surface area contributed by atoms with Crippen LogP contribution in [0.1, 0.15) is 13.3 Å². The molecule has 1 heterocycles. The zero-order valence-corrected chi connectivity index (χ0v) is 12.8. The molecule has 4 nitrogen and oxygen atoms in total. The molecule has 0 amide bonds. The Morgan fingerprint density at radius 3 is 2.74 bits per heavy atom. The van der Waals surface area contributed by atoms with Gasteiger partial charge in [0.05, 0.1) is 15.5 Å². The first-order valence-electron chi connectivity index (χ1n) is 5.95. The number of β-amino-alcohol motifs (C(OH)–C–C–N with tert-alkyl or cyclic N) is 1. The number of aliphatic hydroxyl groups is 1. The molecule has 0 bridgehead atoms. The van der Waals surface area contributed by atoms with Crippen molar-refractivity contribution in [2.45, 2.75) is 24.3 Å². The van der Waals surface area contributed by atoms with E-state index >= 15 is 0 Å². The smallest absolute Gasteiger partial charge is 0.243 e. The van der Waals surface area contributed by atoms with Crippen molar-refractivity contribution in [3.8, 4) is 0 Å². The van der Waals surface area contributed by atoms with Gasteiger partial charge in [0.15, 0.2) is 0 Å². The van der Waals surface area contributed by atoms with Gasteiger partial charge >= 0.3 is 0 Å². The molecule has 1 aliphatic rings. The van der Waals surface area contributed by atoms with E-state index in [1.54, 1.807) is 0 Å². The minimum Gasteiger partial charge on any atom is -0.391 e. The van der Waals surface area contributed by atoms with Gasteiger partial charge in [-0.1, -0.05) is 6.92 Å². The predicted molar refractivity (Wildman–Crippen MR) is 72.6 cm³/mol. The summed E-state index contributed by atoms with van der Waals surface area (Å²) in [4.78, 5) is -0.0880. The molecule has 19 heavy (non-hydrogen) atoms. The Kier molecular flexibility index (Phi) is 4.29. The number of hydrogen-bond acceptors (Lipinski definition) is 3. The van der Waals surface area contributed by atoms with Gasteiger partial charge in [-0.25, -0.2) is 12.8 Å². The van der Waals surface area contributed by atoms with Gasteiger partial charge in [0.2, 0.25) is 10.0 Å². The lowest BCUT2D eigenvalue weighted by Crippen LogP contribution is -2.45. The second-order valence-corrected chi connectivity index (χ2v) is 7.56. The van der Waals surface area contributed by atoms with Crippen molar-refractivity contribution in [1.29, 1.82) is 0 Å². The van der Waals surface area contributed by atoms with E-state index < -0.39 is 21.9 Å². The number of sulfonamides is 1. The molecular weight excluding hydrogens is 337 g/mol. The number of benzene rings is 1. The van der Waals surface area contributed by atoms with Gasteiger partial charge in [-0.15, -0.1) is 0 Å². The number of halogens is 2. The lowest BCUT2D eigenvalue weighted by molar-refractivity contribution is 0.0605. The molecule has 2 unspecified atom stereocenters. The topological polar surface area (TPSA) is 57.6 Å². The molecule has 1 fully saturated rings. The fraction of sp³-hybridized carbons (Fsp3) is 0.500. The average molecular weight is 352 g/mol. The number of aliphatic hydroxyl groups excluding tert-OH is 1. The van der Waals surface area contributed by atoms with Crippen LogP contribution in [0.25, 0.3) is 0 Å². The lowest BCUT2D eigenvalue weighted by Gasteiger charge is -2.33. The molecule has 2 atom stereocenters. The van der Waals surface area contributed by atoms with Crippen LogP contribution in [0.15, 0.2) is 27.6 Å². The van der Waals surface area contributed by atoms with Crippen LogP contribution in [0.2, 0.25) is 0 Å². The fourth-order valence-corrected chi connectivity index (χ4v) is 3.76. The monoisotopic (exact) mass is 351 g/mol. The van der Waals surface area contributed by atoms with Crippen molar-refractivity contribution in [2.75, 3.05) is 13.1 Å². The third kappa shape index (κ3) is 2.99. The van der Waals surface area contributed by atoms with Crippen molar-refractivity contribution >= 4 is 26.0 Å². The Hall–Kier alpha value is -0.500. The van der Waals surface area contributed by atoms with E-state index in [0.717, 1.165) is 6.07 Å². The maximum absolute atomic E-state index is 13.4. The normalized spacial score (nSPS) is 25.5. The molecule has 1 aliphatic heterocycles. The van der Waals surface area contributed by atoms with Crippen LogP contribution >= 0.6 is 15.9 Å². The standard InChI is InChI=1S/C12H15BrFNO3S/c1-8-4-5-15(7-12(8)16)19(17,18)9-2-3-10(13)11(14)6-9/h2-3,6,8,12,16H,4-5,7H2,1H3. The largest absolute Gasteiger partial charge is 0.391 e. The highest BCUT2D eigenvalue weighted by atomic mass is 79.9. The first kappa shape index (κ1) is 14.9. The van der Waals surface area contributed by atoms with Gasteiger partial charge in [0.1, 0.15) is 5.82 Å². The van der Waals surface area contributed by atoms with E-state index in [4.69, 9.17) is 0 Å². The van der Waals surface area contributed by atoms with Crippen molar-refractivity contribution in [2.24, 2.45) is 5.92 Å². The third-order valence-corrected chi connectivity index (χ3v) is 5.91. The van der Waals surface area contributed by atoms with Crippen LogP contribution in [-0.4, -0.2) is 37.0 Å². The van der Waals surface area contributed by atoms with E-state index in [1.165, 1.54) is 16.4 Å². The Labute approximate surface area is 120 Å². The van der Waals surface area contributed by atoms with Gasteiger partial charge in [-0.3, -0.25) is 0 Å². The maximum atomic E-state index is 13.4. The van der Waals surface area contributed by atoms with E-state index in [2.05, 4.69) is 15.9 Å². The highest BCUT2D eigenvalue weighted by molar-refractivity contribution is 9.10. The van der Waals surface area contributed by atoms with Gasteiger partial charge < -0.3 is 5.11 Å². The summed E-state index contributed by atoms with van der Waals surface area (Å²) in [6.07, 6.45) is -0.0804. The summed E-state index contributed by atoms with van der Waals surface area (Å²) in [6.45, 7) is 2.29. The van der Waals surface area contributed by atoms with Crippen molar-refractivity contribution in [1.82, 2.24) is 4.31 Å². The highest BCUT2D eigenvalue weighted by Crippen LogP contribution is 2.26. The van der Waals surface area contributed by atoms with Gasteiger partial charge in [0, 0.05) is 13.1 Å². The predicted octanol–water partition coefficient (Wildman–Crippen LogP) is 1.98. The first-order chi connectivity index (χ1) is 8.82. The summed E-state index contributed by atoms with van der Waals surface area (Å²) in [5.41, 5.74) is 0. The van der Waals surface area contributed by atoms with Gasteiger partial charge in [-0.2, -0.15) is 4.31 Å². The zero-order chi connectivity index (χ0) is 14.2. The number of nitrogens with zero attached hydrogens (tertiary/aromatic N) is 1. The SMILES string of the molecule is CC1CCN(S(=O)(=O)c2ccc(Br)c(F)c2)CC1O. The first-order valence-corrected chi connectivity index (χ1v) is 8.19. The van der Waals surface area contributed by atoms with E-state index in [0.29, 0.717) is 13.0 Å². The van der Waals surface area contributed by atoms with E-state index in [9.17, 15) is 17.9 Å². The molecule has 1 N–H and O–H groups in total. The van der Waals surface area contributed by atoms with Crippen LogP contribution in [0, 0.1) is 11.7 Å². The summed E-state index contributed by atoms with van der Waals surface area (Å²) in [6, 6.07) is 3.71. The third-order valence-electron chi connectivity index (χ3n) is 3.41. The van der Waals surface area contributed by atoms with Crippen LogP contribution in [-0.2, 0) is 10.0 Å². The van der Waals surface area contributed by atoms with Crippen molar-refractivity contribution in [3.05, 3.63) is 28.5 Å². The zero-order valence-electron chi connectivity index (χ0n) is 10.4. The van der Waals surface area contributed by atoms with E-state index in [-0.39, 0.29) is 21.8 Å². The summed E-state index contributed by atoms with van der Waals surface area (Å²) in [7, 11) is -3.75. The van der Waals surface area contributed by atoms with Gasteiger partial charge in [-0.05, 0) is 46.5 Å². The Bertz CT molecular complexity index is 578. The Morgan fingerprint density at radius 2 is 2.16 bits per heavy atom. The summed E-state index contributed by atoms with van der Waals surface area (Å²) >= 11 is 2.99. The quantitative estimate of drug-likeness (QED) is 0.886. The Morgan fingerprint density at radius 1 is 1.47 bits per heavy atom. The Balaban J connectivity index is 2.29. The lowest BCUT2D eigenvalue weighted by atomic mass is 9.98. The highest BCUT2D eigenvalue weighted by Gasteiger charge is 2.33. The second kappa shape index (κ2) is 5.47. The molecule has 2 rings (SSSR count). The fourth-order valence-electron chi connectivity index (χ4n) is 2.02. The second-order valence-electron chi connectivity index (χ2n) is 4.77.